The number of fused-ring (bicyclic) bond motifs is 2. The minimum Gasteiger partial charge on any atom is -0.444 e. The number of nitrogens with one attached hydrogen (secondary N) is 2. The number of pyridine rings is 1. The van der Waals surface area contributed by atoms with Gasteiger partial charge in [0.15, 0.2) is 0 Å². The number of anilines is 3. The second kappa shape index (κ2) is 8.09. The van der Waals surface area contributed by atoms with Crippen molar-refractivity contribution in [2.45, 2.75) is 45.3 Å². The highest BCUT2D eigenvalue weighted by molar-refractivity contribution is 7.16. The molecule has 0 saturated carbocycles. The molecule has 1 amide bonds. The quantitative estimate of drug-likeness (QED) is 0.526. The normalized spacial score (nSPS) is 18.2. The Hall–Kier alpha value is -3.13. The van der Waals surface area contributed by atoms with Crippen molar-refractivity contribution in [1.29, 1.82) is 0 Å². The number of thiazole rings is 1. The second-order valence-electron chi connectivity index (χ2n) is 9.20. The molecule has 3 aromatic rings. The number of ether oxygens (including phenoxy) is 1. The Labute approximate surface area is 191 Å². The molecule has 2 N–H and O–H groups in total. The summed E-state index contributed by atoms with van der Waals surface area (Å²) in [6.07, 6.45) is 5.44. The molecule has 0 radical (unpaired) electrons. The first-order valence-corrected chi connectivity index (χ1v) is 11.8. The van der Waals surface area contributed by atoms with Gasteiger partial charge in [0.1, 0.15) is 11.4 Å². The van der Waals surface area contributed by atoms with E-state index in [4.69, 9.17) is 4.74 Å². The van der Waals surface area contributed by atoms with Crippen molar-refractivity contribution in [3.63, 3.8) is 0 Å². The third-order valence-electron chi connectivity index (χ3n) is 5.73. The fraction of sp³-hybridized carbons (Fsp3) is 0.375. The van der Waals surface area contributed by atoms with E-state index in [0.717, 1.165) is 35.6 Å². The summed E-state index contributed by atoms with van der Waals surface area (Å²) in [6, 6.07) is 8.46. The first-order valence-electron chi connectivity index (χ1n) is 10.9. The standard InChI is InChI=1S/C24H27N5O2S/c1-24(2,3)31-23(30)29-10-7-15(8-11-29)20-13-17-18(6-9-25-22(17)28-20)27-16-4-5-19-21(12-16)32-14-26-19/h4-7,9,12,14,20H,8,10-11,13H2,1-3H3,(H2,25,27,28). The zero-order valence-corrected chi connectivity index (χ0v) is 19.3. The highest BCUT2D eigenvalue weighted by atomic mass is 32.1. The summed E-state index contributed by atoms with van der Waals surface area (Å²) in [6.45, 7) is 6.92. The molecule has 0 aliphatic carbocycles. The van der Waals surface area contributed by atoms with E-state index in [9.17, 15) is 4.79 Å². The number of carbonyl (C=O) groups excluding carboxylic acids is 1. The third-order valence-corrected chi connectivity index (χ3v) is 6.52. The van der Waals surface area contributed by atoms with Gasteiger partial charge >= 0.3 is 6.09 Å². The van der Waals surface area contributed by atoms with E-state index in [1.165, 1.54) is 15.8 Å². The van der Waals surface area contributed by atoms with Crippen LogP contribution in [0.2, 0.25) is 0 Å². The summed E-state index contributed by atoms with van der Waals surface area (Å²) < 4.78 is 6.67. The van der Waals surface area contributed by atoms with Gasteiger partial charge < -0.3 is 20.3 Å². The van der Waals surface area contributed by atoms with Crippen molar-refractivity contribution in [2.24, 2.45) is 0 Å². The van der Waals surface area contributed by atoms with Crippen molar-refractivity contribution in [1.82, 2.24) is 14.9 Å². The lowest BCUT2D eigenvalue weighted by Gasteiger charge is -2.31. The van der Waals surface area contributed by atoms with Crippen LogP contribution in [-0.4, -0.2) is 45.7 Å². The van der Waals surface area contributed by atoms with Gasteiger partial charge in [0.25, 0.3) is 0 Å². The van der Waals surface area contributed by atoms with Crippen LogP contribution in [0, 0.1) is 0 Å². The van der Waals surface area contributed by atoms with E-state index in [0.29, 0.717) is 13.1 Å². The van der Waals surface area contributed by atoms with Gasteiger partial charge in [-0.15, -0.1) is 11.3 Å². The van der Waals surface area contributed by atoms with Gasteiger partial charge in [-0.25, -0.2) is 14.8 Å². The van der Waals surface area contributed by atoms with Crippen LogP contribution in [0.25, 0.3) is 10.2 Å². The molecule has 2 aliphatic rings. The second-order valence-corrected chi connectivity index (χ2v) is 10.1. The monoisotopic (exact) mass is 449 g/mol. The summed E-state index contributed by atoms with van der Waals surface area (Å²) in [4.78, 5) is 23.0. The fourth-order valence-electron chi connectivity index (χ4n) is 4.17. The number of carbonyl (C=O) groups is 1. The Morgan fingerprint density at radius 2 is 2.16 bits per heavy atom. The SMILES string of the molecule is CC(C)(C)OC(=O)N1CC=C(C2Cc3c(Nc4ccc5ncsc5c4)ccnc3N2)CC1. The molecule has 1 aromatic carbocycles. The average Bonchev–Trinajstić information content (AvgIpc) is 3.40. The van der Waals surface area contributed by atoms with Gasteiger partial charge in [-0.05, 0) is 57.0 Å². The number of rotatable bonds is 3. The summed E-state index contributed by atoms with van der Waals surface area (Å²) in [5, 5.41) is 7.14. The molecular weight excluding hydrogens is 422 g/mol. The minimum atomic E-state index is -0.477. The molecule has 1 unspecified atom stereocenters. The number of amides is 1. The molecular formula is C24H27N5O2S. The van der Waals surface area contributed by atoms with Gasteiger partial charge in [-0.2, -0.15) is 0 Å². The van der Waals surface area contributed by atoms with Crippen molar-refractivity contribution >= 4 is 44.8 Å². The van der Waals surface area contributed by atoms with Crippen LogP contribution in [0.4, 0.5) is 22.0 Å². The Kier molecular flexibility index (Phi) is 5.25. The summed E-state index contributed by atoms with van der Waals surface area (Å²) in [5.74, 6) is 0.925. The maximum absolute atomic E-state index is 12.3. The van der Waals surface area contributed by atoms with Crippen LogP contribution in [0.3, 0.4) is 0 Å². The average molecular weight is 450 g/mol. The number of hydrogen-bond donors (Lipinski definition) is 2. The van der Waals surface area contributed by atoms with Crippen LogP contribution >= 0.6 is 11.3 Å². The predicted octanol–water partition coefficient (Wildman–Crippen LogP) is 5.34. The smallest absolute Gasteiger partial charge is 0.410 e. The Balaban J connectivity index is 1.28. The van der Waals surface area contributed by atoms with E-state index < -0.39 is 5.60 Å². The molecule has 7 nitrogen and oxygen atoms in total. The summed E-state index contributed by atoms with van der Waals surface area (Å²) in [5.41, 5.74) is 7.04. The lowest BCUT2D eigenvalue weighted by molar-refractivity contribution is 0.0265. The van der Waals surface area contributed by atoms with E-state index in [2.05, 4.69) is 38.8 Å². The molecule has 4 heterocycles. The predicted molar refractivity (Wildman–Crippen MR) is 129 cm³/mol. The largest absolute Gasteiger partial charge is 0.444 e. The molecule has 1 atom stereocenters. The van der Waals surface area contributed by atoms with E-state index in [-0.39, 0.29) is 12.1 Å². The van der Waals surface area contributed by atoms with Crippen LogP contribution in [0.5, 0.6) is 0 Å². The van der Waals surface area contributed by atoms with Crippen molar-refractivity contribution in [2.75, 3.05) is 23.7 Å². The number of benzene rings is 1. The van der Waals surface area contributed by atoms with E-state index in [1.54, 1.807) is 16.2 Å². The Morgan fingerprint density at radius 1 is 1.28 bits per heavy atom. The fourth-order valence-corrected chi connectivity index (χ4v) is 4.88. The third kappa shape index (κ3) is 4.27. The van der Waals surface area contributed by atoms with Crippen LogP contribution < -0.4 is 10.6 Å². The molecule has 166 valence electrons. The Morgan fingerprint density at radius 3 is 2.94 bits per heavy atom. The van der Waals surface area contributed by atoms with Gasteiger partial charge in [0, 0.05) is 42.6 Å². The highest BCUT2D eigenvalue weighted by Crippen LogP contribution is 2.36. The van der Waals surface area contributed by atoms with Gasteiger partial charge in [0.2, 0.25) is 0 Å². The zero-order chi connectivity index (χ0) is 22.3. The number of nitrogens with zero attached hydrogens (tertiary/aromatic N) is 3. The number of aromatic nitrogens is 2. The van der Waals surface area contributed by atoms with Crippen molar-refractivity contribution in [3.8, 4) is 0 Å². The molecule has 0 saturated heterocycles. The van der Waals surface area contributed by atoms with Gasteiger partial charge in [-0.1, -0.05) is 6.08 Å². The first-order chi connectivity index (χ1) is 15.4. The van der Waals surface area contributed by atoms with E-state index >= 15 is 0 Å². The molecule has 0 bridgehead atoms. The topological polar surface area (TPSA) is 79.4 Å². The molecule has 0 spiro atoms. The summed E-state index contributed by atoms with van der Waals surface area (Å²) >= 11 is 1.64. The molecule has 0 fully saturated rings. The maximum Gasteiger partial charge on any atom is 0.410 e. The molecule has 2 aromatic heterocycles. The molecule has 8 heteroatoms. The maximum atomic E-state index is 12.3. The lowest BCUT2D eigenvalue weighted by atomic mass is 9.97. The minimum absolute atomic E-state index is 0.199. The first kappa shape index (κ1) is 20.8. The Bertz CT molecular complexity index is 1200. The lowest BCUT2D eigenvalue weighted by Crippen LogP contribution is -2.40. The molecule has 32 heavy (non-hydrogen) atoms. The highest BCUT2D eigenvalue weighted by Gasteiger charge is 2.30. The molecule has 2 aliphatic heterocycles. The number of hydrogen-bond acceptors (Lipinski definition) is 7. The van der Waals surface area contributed by atoms with Crippen molar-refractivity contribution < 1.29 is 9.53 Å². The van der Waals surface area contributed by atoms with Gasteiger partial charge in [0.05, 0.1) is 21.8 Å². The van der Waals surface area contributed by atoms with Gasteiger partial charge in [-0.3, -0.25) is 0 Å². The van der Waals surface area contributed by atoms with Crippen molar-refractivity contribution in [3.05, 3.63) is 53.2 Å². The van der Waals surface area contributed by atoms with Crippen LogP contribution in [0.15, 0.2) is 47.6 Å². The zero-order valence-electron chi connectivity index (χ0n) is 18.5. The summed E-state index contributed by atoms with van der Waals surface area (Å²) in [7, 11) is 0. The van der Waals surface area contributed by atoms with E-state index in [1.807, 2.05) is 44.6 Å². The molecule has 5 rings (SSSR count). The van der Waals surface area contributed by atoms with Crippen LogP contribution in [0.1, 0.15) is 32.8 Å². The van der Waals surface area contributed by atoms with Crippen LogP contribution in [-0.2, 0) is 11.2 Å².